The lowest BCUT2D eigenvalue weighted by Gasteiger charge is -2.18. The van der Waals surface area contributed by atoms with Gasteiger partial charge < -0.3 is 11.5 Å². The van der Waals surface area contributed by atoms with E-state index in [1.165, 1.54) is 12.1 Å². The molecule has 1 aromatic carbocycles. The van der Waals surface area contributed by atoms with Crippen molar-refractivity contribution in [1.29, 1.82) is 0 Å². The quantitative estimate of drug-likeness (QED) is 0.748. The van der Waals surface area contributed by atoms with Gasteiger partial charge >= 0.3 is 0 Å². The Hall–Kier alpha value is -1.53. The van der Waals surface area contributed by atoms with Crippen LogP contribution in [0.2, 0.25) is 0 Å². The lowest BCUT2D eigenvalue weighted by atomic mass is 10.1. The summed E-state index contributed by atoms with van der Waals surface area (Å²) in [6.45, 7) is 3.10. The molecule has 18 heavy (non-hydrogen) atoms. The number of halogens is 1. The molecule has 0 saturated heterocycles. The molecule has 0 aromatic heterocycles. The van der Waals surface area contributed by atoms with Crippen LogP contribution in [0.5, 0.6) is 0 Å². The molecule has 98 valence electrons. The molecule has 0 spiro atoms. The molecule has 0 aliphatic rings. The van der Waals surface area contributed by atoms with Crippen LogP contribution < -0.4 is 11.5 Å². The number of primary amides is 1. The number of hydrogen-bond donors (Lipinski definition) is 2. The average Bonchev–Trinajstić information content (AvgIpc) is 2.26. The van der Waals surface area contributed by atoms with Crippen LogP contribution in [0.1, 0.15) is 18.1 Å². The second-order valence-corrected chi connectivity index (χ2v) is 4.42. The first-order valence-electron chi connectivity index (χ1n) is 5.52. The van der Waals surface area contributed by atoms with Crippen molar-refractivity contribution in [2.24, 2.45) is 11.5 Å². The third-order valence-corrected chi connectivity index (χ3v) is 2.71. The first-order valence-corrected chi connectivity index (χ1v) is 5.93. The van der Waals surface area contributed by atoms with Gasteiger partial charge in [-0.15, -0.1) is 0 Å². The topological polar surface area (TPSA) is 72.3 Å². The first kappa shape index (κ1) is 14.5. The predicted molar refractivity (Wildman–Crippen MR) is 72.4 cm³/mol. The molecule has 0 aliphatic heterocycles. The van der Waals surface area contributed by atoms with Gasteiger partial charge in [0, 0.05) is 12.1 Å². The van der Waals surface area contributed by atoms with Gasteiger partial charge in [0.05, 0.1) is 6.54 Å². The van der Waals surface area contributed by atoms with E-state index in [0.29, 0.717) is 24.2 Å². The van der Waals surface area contributed by atoms with Crippen molar-refractivity contribution in [3.63, 3.8) is 0 Å². The standard InChI is InChI=1S/C12H16FN3OS/c1-2-16(7-11(14)17)6-8-3-9(12(15)18)5-10(13)4-8/h3-5H,2,6-7H2,1H3,(H2,14,17)(H2,15,18). The molecular weight excluding hydrogens is 253 g/mol. The lowest BCUT2D eigenvalue weighted by Crippen LogP contribution is -2.33. The summed E-state index contributed by atoms with van der Waals surface area (Å²) >= 11 is 4.82. The Kier molecular flexibility index (Phi) is 5.18. The predicted octanol–water partition coefficient (Wildman–Crippen LogP) is 0.767. The Labute approximate surface area is 111 Å². The van der Waals surface area contributed by atoms with Crippen molar-refractivity contribution < 1.29 is 9.18 Å². The molecule has 4 N–H and O–H groups in total. The SMILES string of the molecule is CCN(CC(N)=O)Cc1cc(F)cc(C(N)=S)c1. The van der Waals surface area contributed by atoms with Crippen molar-refractivity contribution >= 4 is 23.1 Å². The zero-order valence-corrected chi connectivity index (χ0v) is 11.0. The van der Waals surface area contributed by atoms with Crippen molar-refractivity contribution in [2.75, 3.05) is 13.1 Å². The van der Waals surface area contributed by atoms with Crippen molar-refractivity contribution in [1.82, 2.24) is 4.90 Å². The van der Waals surface area contributed by atoms with Gasteiger partial charge in [0.15, 0.2) is 0 Å². The highest BCUT2D eigenvalue weighted by Gasteiger charge is 2.09. The smallest absolute Gasteiger partial charge is 0.231 e. The highest BCUT2D eigenvalue weighted by atomic mass is 32.1. The maximum absolute atomic E-state index is 13.4. The normalized spacial score (nSPS) is 10.6. The number of carbonyl (C=O) groups is 1. The Morgan fingerprint density at radius 1 is 1.39 bits per heavy atom. The lowest BCUT2D eigenvalue weighted by molar-refractivity contribution is -0.119. The summed E-state index contributed by atoms with van der Waals surface area (Å²) in [6.07, 6.45) is 0. The fourth-order valence-electron chi connectivity index (χ4n) is 1.64. The fraction of sp³-hybridized carbons (Fsp3) is 0.333. The minimum atomic E-state index is -0.414. The Morgan fingerprint density at radius 3 is 2.56 bits per heavy atom. The Balaban J connectivity index is 2.88. The number of likely N-dealkylation sites (N-methyl/N-ethyl adjacent to an activating group) is 1. The van der Waals surface area contributed by atoms with Crippen molar-refractivity contribution in [3.8, 4) is 0 Å². The van der Waals surface area contributed by atoms with E-state index in [-0.39, 0.29) is 11.5 Å². The molecule has 1 amide bonds. The Morgan fingerprint density at radius 2 is 2.06 bits per heavy atom. The summed E-state index contributed by atoms with van der Waals surface area (Å²) in [5, 5.41) is 0. The van der Waals surface area contributed by atoms with E-state index in [4.69, 9.17) is 23.7 Å². The number of thiocarbonyl (C=S) groups is 1. The summed E-state index contributed by atoms with van der Waals surface area (Å²) in [5.74, 6) is -0.812. The van der Waals surface area contributed by atoms with Gasteiger partial charge in [0.2, 0.25) is 5.91 Å². The second kappa shape index (κ2) is 6.42. The number of hydrogen-bond acceptors (Lipinski definition) is 3. The van der Waals surface area contributed by atoms with Crippen LogP contribution in [-0.4, -0.2) is 28.9 Å². The number of carbonyl (C=O) groups excluding carboxylic acids is 1. The Bertz CT molecular complexity index is 465. The molecule has 1 rings (SSSR count). The van der Waals surface area contributed by atoms with Gasteiger partial charge in [0.25, 0.3) is 0 Å². The van der Waals surface area contributed by atoms with Gasteiger partial charge in [-0.3, -0.25) is 9.69 Å². The third kappa shape index (κ3) is 4.38. The molecule has 6 heteroatoms. The molecule has 0 saturated carbocycles. The van der Waals surface area contributed by atoms with Crippen LogP contribution in [0.25, 0.3) is 0 Å². The largest absolute Gasteiger partial charge is 0.389 e. The fourth-order valence-corrected chi connectivity index (χ4v) is 1.76. The molecule has 0 bridgehead atoms. The van der Waals surface area contributed by atoms with E-state index < -0.39 is 11.7 Å². The van der Waals surface area contributed by atoms with Crippen LogP contribution in [0.4, 0.5) is 4.39 Å². The molecule has 0 heterocycles. The first-order chi connectivity index (χ1) is 8.42. The second-order valence-electron chi connectivity index (χ2n) is 3.98. The van der Waals surface area contributed by atoms with Crippen molar-refractivity contribution in [2.45, 2.75) is 13.5 Å². The van der Waals surface area contributed by atoms with E-state index in [0.717, 1.165) is 0 Å². The molecule has 0 radical (unpaired) electrons. The number of amides is 1. The van der Waals surface area contributed by atoms with Gasteiger partial charge in [0.1, 0.15) is 10.8 Å². The summed E-state index contributed by atoms with van der Waals surface area (Å²) in [5.41, 5.74) is 11.8. The molecule has 0 aliphatic carbocycles. The molecule has 0 fully saturated rings. The zero-order valence-electron chi connectivity index (χ0n) is 10.1. The molecule has 0 atom stereocenters. The van der Waals surface area contributed by atoms with E-state index in [1.807, 2.05) is 6.92 Å². The van der Waals surface area contributed by atoms with Crippen LogP contribution in [-0.2, 0) is 11.3 Å². The number of nitrogens with zero attached hydrogens (tertiary/aromatic N) is 1. The summed E-state index contributed by atoms with van der Waals surface area (Å²) in [6, 6.07) is 4.40. The number of benzene rings is 1. The maximum Gasteiger partial charge on any atom is 0.231 e. The number of nitrogens with two attached hydrogens (primary N) is 2. The maximum atomic E-state index is 13.4. The monoisotopic (exact) mass is 269 g/mol. The molecule has 4 nitrogen and oxygen atoms in total. The van der Waals surface area contributed by atoms with E-state index in [2.05, 4.69) is 0 Å². The van der Waals surface area contributed by atoms with Gasteiger partial charge in [-0.1, -0.05) is 19.1 Å². The minimum Gasteiger partial charge on any atom is -0.389 e. The summed E-state index contributed by atoms with van der Waals surface area (Å²) < 4.78 is 13.4. The van der Waals surface area contributed by atoms with Crippen LogP contribution in [0.15, 0.2) is 18.2 Å². The van der Waals surface area contributed by atoms with Crippen LogP contribution in [0, 0.1) is 5.82 Å². The zero-order chi connectivity index (χ0) is 13.7. The average molecular weight is 269 g/mol. The number of rotatable bonds is 6. The summed E-state index contributed by atoms with van der Waals surface area (Å²) in [4.78, 5) is 12.8. The molecule has 0 unspecified atom stereocenters. The van der Waals surface area contributed by atoms with E-state index in [1.54, 1.807) is 11.0 Å². The van der Waals surface area contributed by atoms with Gasteiger partial charge in [-0.05, 0) is 30.3 Å². The minimum absolute atomic E-state index is 0.134. The van der Waals surface area contributed by atoms with Gasteiger partial charge in [-0.2, -0.15) is 0 Å². The summed E-state index contributed by atoms with van der Waals surface area (Å²) in [7, 11) is 0. The molecular formula is C12H16FN3OS. The van der Waals surface area contributed by atoms with Crippen LogP contribution in [0.3, 0.4) is 0 Å². The van der Waals surface area contributed by atoms with E-state index >= 15 is 0 Å². The van der Waals surface area contributed by atoms with Gasteiger partial charge in [-0.25, -0.2) is 4.39 Å². The third-order valence-electron chi connectivity index (χ3n) is 2.47. The highest BCUT2D eigenvalue weighted by molar-refractivity contribution is 7.80. The van der Waals surface area contributed by atoms with E-state index in [9.17, 15) is 9.18 Å². The van der Waals surface area contributed by atoms with Crippen molar-refractivity contribution in [3.05, 3.63) is 35.1 Å². The molecule has 1 aromatic rings. The van der Waals surface area contributed by atoms with Crippen LogP contribution >= 0.6 is 12.2 Å². The highest BCUT2D eigenvalue weighted by Crippen LogP contribution is 2.11.